The molecule has 4 heteroatoms. The van der Waals surface area contributed by atoms with Crippen molar-refractivity contribution < 1.29 is 18.7 Å². The number of benzene rings is 1. The quantitative estimate of drug-likeness (QED) is 0.564. The summed E-state index contributed by atoms with van der Waals surface area (Å²) in [6, 6.07) is 6.91. The molecule has 92 valence electrons. The molecule has 1 unspecified atom stereocenters. The summed E-state index contributed by atoms with van der Waals surface area (Å²) < 4.78 is 22.8. The molecule has 1 aromatic carbocycles. The summed E-state index contributed by atoms with van der Waals surface area (Å²) in [6.07, 6.45) is 0.131. The molecule has 0 N–H and O–H groups in total. The van der Waals surface area contributed by atoms with E-state index in [1.165, 1.54) is 0 Å². The lowest BCUT2D eigenvalue weighted by molar-refractivity contribution is -0.159. The number of alkyl halides is 1. The normalized spacial score (nSPS) is 11.6. The Kier molecular flexibility index (Phi) is 5.20. The number of allylic oxidation sites excluding steroid dienone is 1. The van der Waals surface area contributed by atoms with E-state index in [1.54, 1.807) is 31.2 Å². The van der Waals surface area contributed by atoms with Gasteiger partial charge in [-0.25, -0.2) is 4.79 Å². The number of hydrogen-bond donors (Lipinski definition) is 0. The molecule has 1 aromatic rings. The average molecular weight is 238 g/mol. The van der Waals surface area contributed by atoms with Crippen molar-refractivity contribution in [2.45, 2.75) is 19.7 Å². The smallest absolute Gasteiger partial charge is 0.381 e. The summed E-state index contributed by atoms with van der Waals surface area (Å²) in [5.74, 6) is -0.686. The Hall–Kier alpha value is -1.84. The van der Waals surface area contributed by atoms with E-state index in [9.17, 15) is 9.18 Å². The molecule has 0 saturated carbocycles. The van der Waals surface area contributed by atoms with E-state index in [0.29, 0.717) is 12.2 Å². The second kappa shape index (κ2) is 6.68. The molecule has 0 amide bonds. The summed E-state index contributed by atoms with van der Waals surface area (Å²) in [5.41, 5.74) is 0.773. The first-order valence-corrected chi connectivity index (χ1v) is 5.35. The zero-order valence-electron chi connectivity index (χ0n) is 9.69. The number of carbonyl (C=O) groups is 1. The van der Waals surface area contributed by atoms with Crippen LogP contribution in [0.2, 0.25) is 0 Å². The lowest BCUT2D eigenvalue weighted by atomic mass is 10.1. The third-order valence-electron chi connectivity index (χ3n) is 2.04. The molecule has 0 aliphatic heterocycles. The van der Waals surface area contributed by atoms with Crippen LogP contribution in [0.4, 0.5) is 4.39 Å². The van der Waals surface area contributed by atoms with Crippen molar-refractivity contribution in [3.63, 3.8) is 0 Å². The van der Waals surface area contributed by atoms with Crippen LogP contribution in [0, 0.1) is 0 Å². The van der Waals surface area contributed by atoms with Crippen molar-refractivity contribution in [2.24, 2.45) is 0 Å². The topological polar surface area (TPSA) is 35.5 Å². The van der Waals surface area contributed by atoms with Crippen LogP contribution in [0.25, 0.3) is 0 Å². The molecule has 0 heterocycles. The molecule has 0 aliphatic carbocycles. The van der Waals surface area contributed by atoms with E-state index in [-0.39, 0.29) is 6.61 Å². The summed E-state index contributed by atoms with van der Waals surface area (Å²) in [4.78, 5) is 11.1. The molecule has 0 fully saturated rings. The highest BCUT2D eigenvalue weighted by molar-refractivity contribution is 5.73. The van der Waals surface area contributed by atoms with Crippen molar-refractivity contribution in [1.82, 2.24) is 0 Å². The maximum Gasteiger partial charge on any atom is 0.381 e. The number of esters is 1. The molecule has 0 aromatic heterocycles. The zero-order chi connectivity index (χ0) is 12.7. The Morgan fingerprint density at radius 3 is 2.88 bits per heavy atom. The maximum absolute atomic E-state index is 13.4. The van der Waals surface area contributed by atoms with Crippen molar-refractivity contribution in [2.75, 3.05) is 6.61 Å². The van der Waals surface area contributed by atoms with Gasteiger partial charge in [0.1, 0.15) is 5.75 Å². The standard InChI is InChI=1S/C13H15FO3/c1-3-7-10-8-5-6-9-11(10)17-12(14)13(15)16-4-2/h3,5-6,8-9,12H,1,4,7H2,2H3. The maximum atomic E-state index is 13.4. The molecule has 3 nitrogen and oxygen atoms in total. The predicted molar refractivity (Wildman–Crippen MR) is 62.5 cm³/mol. The van der Waals surface area contributed by atoms with E-state index in [1.807, 2.05) is 6.07 Å². The predicted octanol–water partition coefficient (Wildman–Crippen LogP) is 2.65. The van der Waals surface area contributed by atoms with E-state index in [2.05, 4.69) is 11.3 Å². The first-order valence-electron chi connectivity index (χ1n) is 5.35. The van der Waals surface area contributed by atoms with Crippen LogP contribution in [0.5, 0.6) is 5.75 Å². The fraction of sp³-hybridized carbons (Fsp3) is 0.308. The molecule has 17 heavy (non-hydrogen) atoms. The van der Waals surface area contributed by atoms with Gasteiger partial charge in [-0.2, -0.15) is 4.39 Å². The average Bonchev–Trinajstić information content (AvgIpc) is 2.32. The Balaban J connectivity index is 2.73. The van der Waals surface area contributed by atoms with E-state index < -0.39 is 12.3 Å². The highest BCUT2D eigenvalue weighted by atomic mass is 19.1. The molecule has 0 spiro atoms. The van der Waals surface area contributed by atoms with Gasteiger partial charge in [0, 0.05) is 0 Å². The summed E-state index contributed by atoms with van der Waals surface area (Å²) in [6.45, 7) is 5.33. The van der Waals surface area contributed by atoms with Gasteiger partial charge in [-0.15, -0.1) is 6.58 Å². The van der Waals surface area contributed by atoms with E-state index in [0.717, 1.165) is 5.56 Å². The van der Waals surface area contributed by atoms with Crippen molar-refractivity contribution >= 4 is 5.97 Å². The lowest BCUT2D eigenvalue weighted by Gasteiger charge is -2.13. The fourth-order valence-corrected chi connectivity index (χ4v) is 1.31. The summed E-state index contributed by atoms with van der Waals surface area (Å²) in [7, 11) is 0. The molecule has 0 bridgehead atoms. The highest BCUT2D eigenvalue weighted by Gasteiger charge is 2.21. The van der Waals surface area contributed by atoms with Crippen LogP contribution >= 0.6 is 0 Å². The van der Waals surface area contributed by atoms with Gasteiger partial charge in [0.2, 0.25) is 0 Å². The minimum Gasteiger partial charge on any atom is -0.461 e. The third-order valence-corrected chi connectivity index (χ3v) is 2.04. The Bertz CT molecular complexity index is 390. The van der Waals surface area contributed by atoms with Gasteiger partial charge in [0.15, 0.2) is 0 Å². The van der Waals surface area contributed by atoms with Crippen molar-refractivity contribution in [3.05, 3.63) is 42.5 Å². The summed E-state index contributed by atoms with van der Waals surface area (Å²) in [5, 5.41) is 0. The number of para-hydroxylation sites is 1. The van der Waals surface area contributed by atoms with Crippen LogP contribution in [0.15, 0.2) is 36.9 Å². The largest absolute Gasteiger partial charge is 0.461 e. The fourth-order valence-electron chi connectivity index (χ4n) is 1.31. The van der Waals surface area contributed by atoms with Crippen molar-refractivity contribution in [1.29, 1.82) is 0 Å². The van der Waals surface area contributed by atoms with Gasteiger partial charge < -0.3 is 9.47 Å². The van der Waals surface area contributed by atoms with Gasteiger partial charge in [-0.1, -0.05) is 24.3 Å². The lowest BCUT2D eigenvalue weighted by Crippen LogP contribution is -2.25. The second-order valence-corrected chi connectivity index (χ2v) is 3.29. The van der Waals surface area contributed by atoms with Gasteiger partial charge in [0.25, 0.3) is 0 Å². The zero-order valence-corrected chi connectivity index (χ0v) is 9.69. The SMILES string of the molecule is C=CCc1ccccc1OC(F)C(=O)OCC. The van der Waals surface area contributed by atoms with E-state index in [4.69, 9.17) is 4.74 Å². The van der Waals surface area contributed by atoms with Crippen LogP contribution < -0.4 is 4.74 Å². The first kappa shape index (κ1) is 13.2. The number of ether oxygens (including phenoxy) is 2. The summed E-state index contributed by atoms with van der Waals surface area (Å²) >= 11 is 0. The number of rotatable bonds is 6. The highest BCUT2D eigenvalue weighted by Crippen LogP contribution is 2.20. The van der Waals surface area contributed by atoms with Crippen molar-refractivity contribution in [3.8, 4) is 5.75 Å². The minimum atomic E-state index is -2.10. The number of hydrogen-bond acceptors (Lipinski definition) is 3. The molecular formula is C13H15FO3. The van der Waals surface area contributed by atoms with Gasteiger partial charge in [-0.05, 0) is 25.0 Å². The van der Waals surface area contributed by atoms with Crippen LogP contribution in [-0.2, 0) is 16.0 Å². The number of carbonyl (C=O) groups excluding carboxylic acids is 1. The molecule has 0 aliphatic rings. The second-order valence-electron chi connectivity index (χ2n) is 3.29. The monoisotopic (exact) mass is 238 g/mol. The van der Waals surface area contributed by atoms with Gasteiger partial charge >= 0.3 is 12.3 Å². The third kappa shape index (κ3) is 3.90. The Morgan fingerprint density at radius 2 is 2.24 bits per heavy atom. The van der Waals surface area contributed by atoms with Crippen LogP contribution in [0.3, 0.4) is 0 Å². The van der Waals surface area contributed by atoms with Crippen LogP contribution in [-0.4, -0.2) is 18.9 Å². The van der Waals surface area contributed by atoms with E-state index >= 15 is 0 Å². The Labute approximate surface area is 99.9 Å². The first-order chi connectivity index (χ1) is 8.19. The van der Waals surface area contributed by atoms with Gasteiger partial charge in [0.05, 0.1) is 6.61 Å². The molecular weight excluding hydrogens is 223 g/mol. The molecule has 1 atom stereocenters. The Morgan fingerprint density at radius 1 is 1.53 bits per heavy atom. The molecule has 1 rings (SSSR count). The minimum absolute atomic E-state index is 0.122. The van der Waals surface area contributed by atoms with Crippen LogP contribution in [0.1, 0.15) is 12.5 Å². The molecule has 0 saturated heterocycles. The molecule has 0 radical (unpaired) electrons. The number of halogens is 1. The van der Waals surface area contributed by atoms with Gasteiger partial charge in [-0.3, -0.25) is 0 Å².